The summed E-state index contributed by atoms with van der Waals surface area (Å²) in [6.45, 7) is 9.81. The minimum Gasteiger partial charge on any atom is -0.465 e. The maximum absolute atomic E-state index is 13.6. The molecule has 10 heteroatoms. The smallest absolute Gasteiger partial charge is 0.404 e. The Kier molecular flexibility index (Phi) is 13.0. The fraction of sp³-hybridized carbons (Fsp3) is 0.455. The summed E-state index contributed by atoms with van der Waals surface area (Å²) >= 11 is 1.57. The maximum atomic E-state index is 13.6. The Bertz CT molecular complexity index is 1300. The lowest BCUT2D eigenvalue weighted by molar-refractivity contribution is -0.124. The van der Waals surface area contributed by atoms with Crippen molar-refractivity contribution in [3.05, 3.63) is 87.9 Å². The van der Waals surface area contributed by atoms with E-state index in [0.717, 1.165) is 21.8 Å². The van der Waals surface area contributed by atoms with Crippen LogP contribution >= 0.6 is 11.3 Å². The third-order valence-corrected chi connectivity index (χ3v) is 8.41. The molecule has 2 aromatic carbocycles. The number of nitrogens with one attached hydrogen (secondary N) is 4. The van der Waals surface area contributed by atoms with Gasteiger partial charge >= 0.3 is 12.1 Å². The Balaban J connectivity index is 1.68. The molecule has 1 heterocycles. The number of carbonyl (C=O) groups is 3. The summed E-state index contributed by atoms with van der Waals surface area (Å²) in [4.78, 5) is 42.7. The van der Waals surface area contributed by atoms with Crippen molar-refractivity contribution in [2.24, 2.45) is 5.92 Å². The van der Waals surface area contributed by atoms with Crippen molar-refractivity contribution in [2.75, 3.05) is 0 Å². The van der Waals surface area contributed by atoms with E-state index in [-0.39, 0.29) is 30.0 Å². The first-order valence-electron chi connectivity index (χ1n) is 14.9. The number of amides is 4. The second-order valence-corrected chi connectivity index (χ2v) is 12.5. The second-order valence-electron chi connectivity index (χ2n) is 11.6. The highest BCUT2D eigenvalue weighted by Gasteiger charge is 2.28. The summed E-state index contributed by atoms with van der Waals surface area (Å²) in [6, 6.07) is 17.5. The van der Waals surface area contributed by atoms with Gasteiger partial charge in [-0.1, -0.05) is 88.4 Å². The molecule has 3 aromatic rings. The molecule has 232 valence electrons. The minimum absolute atomic E-state index is 0.162. The van der Waals surface area contributed by atoms with Gasteiger partial charge in [-0.15, -0.1) is 11.3 Å². The normalized spacial score (nSPS) is 14.0. The van der Waals surface area contributed by atoms with Crippen LogP contribution < -0.4 is 21.3 Å². The number of rotatable bonds is 15. The summed E-state index contributed by atoms with van der Waals surface area (Å²) in [7, 11) is 0. The molecule has 0 radical (unpaired) electrons. The number of carbonyl (C=O) groups excluding carboxylic acids is 2. The van der Waals surface area contributed by atoms with Crippen LogP contribution in [0.3, 0.4) is 0 Å². The molecule has 0 aliphatic heterocycles. The molecule has 0 fully saturated rings. The molecule has 0 saturated heterocycles. The number of nitrogens with zero attached hydrogens (tertiary/aromatic N) is 1. The molecular weight excluding hydrogens is 562 g/mol. The SMILES string of the molecule is CC(C)c1nc(C(C)NC(=O)NC(C(=O)NC(CCC(Cc2ccccc2)NC(=O)O)Cc2ccccc2)C(C)C)cs1. The van der Waals surface area contributed by atoms with Crippen molar-refractivity contribution in [3.8, 4) is 0 Å². The molecule has 3 rings (SSSR count). The molecule has 0 aliphatic rings. The van der Waals surface area contributed by atoms with Crippen molar-refractivity contribution in [1.29, 1.82) is 0 Å². The van der Waals surface area contributed by atoms with E-state index in [1.807, 2.05) is 86.8 Å². The van der Waals surface area contributed by atoms with E-state index in [4.69, 9.17) is 0 Å². The van der Waals surface area contributed by atoms with Gasteiger partial charge in [0.1, 0.15) is 6.04 Å². The Hall–Kier alpha value is -3.92. The van der Waals surface area contributed by atoms with Crippen LogP contribution in [0.15, 0.2) is 66.0 Å². The van der Waals surface area contributed by atoms with Gasteiger partial charge in [0.2, 0.25) is 5.91 Å². The van der Waals surface area contributed by atoms with Crippen LogP contribution in [0.25, 0.3) is 0 Å². The van der Waals surface area contributed by atoms with Gasteiger partial charge in [-0.3, -0.25) is 4.79 Å². The topological polar surface area (TPSA) is 132 Å². The van der Waals surface area contributed by atoms with Gasteiger partial charge in [0, 0.05) is 23.4 Å². The Morgan fingerprint density at radius 1 is 0.767 bits per heavy atom. The molecule has 0 bridgehead atoms. The standard InChI is InChI=1S/C33H45N5O4S/c1-21(2)29(38-32(40)34-23(5)28-20-43-31(37-28)22(3)4)30(39)35-26(18-24-12-8-6-9-13-24)16-17-27(36-33(41)42)19-25-14-10-7-11-15-25/h6-15,20-23,26-27,29,36H,16-19H2,1-5H3,(H,35,39)(H,41,42)(H2,34,38,40). The van der Waals surface area contributed by atoms with E-state index in [0.29, 0.717) is 31.6 Å². The van der Waals surface area contributed by atoms with Crippen molar-refractivity contribution in [1.82, 2.24) is 26.3 Å². The molecule has 43 heavy (non-hydrogen) atoms. The average molecular weight is 608 g/mol. The Labute approximate surface area is 258 Å². The van der Waals surface area contributed by atoms with Gasteiger partial charge in [0.25, 0.3) is 0 Å². The number of carboxylic acid groups (broad SMARTS) is 1. The Morgan fingerprint density at radius 2 is 1.30 bits per heavy atom. The molecular formula is C33H45N5O4S. The van der Waals surface area contributed by atoms with Crippen molar-refractivity contribution in [3.63, 3.8) is 0 Å². The van der Waals surface area contributed by atoms with E-state index in [1.54, 1.807) is 11.3 Å². The zero-order valence-corrected chi connectivity index (χ0v) is 26.5. The summed E-state index contributed by atoms with van der Waals surface area (Å²) in [5, 5.41) is 24.0. The number of hydrogen-bond donors (Lipinski definition) is 5. The fourth-order valence-corrected chi connectivity index (χ4v) is 5.80. The fourth-order valence-electron chi connectivity index (χ4n) is 4.87. The van der Waals surface area contributed by atoms with E-state index >= 15 is 0 Å². The second kappa shape index (κ2) is 16.6. The van der Waals surface area contributed by atoms with E-state index < -0.39 is 18.2 Å². The number of thiazole rings is 1. The minimum atomic E-state index is -1.08. The van der Waals surface area contributed by atoms with Crippen LogP contribution in [0.1, 0.15) is 81.2 Å². The number of hydrogen-bond acceptors (Lipinski definition) is 5. The molecule has 4 amide bonds. The molecule has 0 aliphatic carbocycles. The van der Waals surface area contributed by atoms with Gasteiger partial charge in [0.15, 0.2) is 0 Å². The highest BCUT2D eigenvalue weighted by molar-refractivity contribution is 7.09. The molecule has 1 aromatic heterocycles. The van der Waals surface area contributed by atoms with Crippen molar-refractivity contribution in [2.45, 2.75) is 90.4 Å². The summed E-state index contributed by atoms with van der Waals surface area (Å²) in [6.07, 6.45) is 1.13. The molecule has 4 unspecified atom stereocenters. The third kappa shape index (κ3) is 11.4. The first-order valence-corrected chi connectivity index (χ1v) is 15.8. The first kappa shape index (κ1) is 33.6. The summed E-state index contributed by atoms with van der Waals surface area (Å²) < 4.78 is 0. The molecule has 4 atom stereocenters. The summed E-state index contributed by atoms with van der Waals surface area (Å²) in [5.74, 6) is -0.129. The molecule has 5 N–H and O–H groups in total. The zero-order chi connectivity index (χ0) is 31.4. The van der Waals surface area contributed by atoms with Gasteiger partial charge in [0.05, 0.1) is 16.7 Å². The van der Waals surface area contributed by atoms with Gasteiger partial charge < -0.3 is 26.4 Å². The lowest BCUT2D eigenvalue weighted by Crippen LogP contribution is -2.55. The lowest BCUT2D eigenvalue weighted by Gasteiger charge is -2.27. The predicted octanol–water partition coefficient (Wildman–Crippen LogP) is 6.04. The van der Waals surface area contributed by atoms with Crippen LogP contribution in [-0.4, -0.2) is 46.2 Å². The highest BCUT2D eigenvalue weighted by Crippen LogP contribution is 2.22. The summed E-state index contributed by atoms with van der Waals surface area (Å²) in [5.41, 5.74) is 2.88. The van der Waals surface area contributed by atoms with E-state index in [2.05, 4.69) is 40.1 Å². The van der Waals surface area contributed by atoms with E-state index in [9.17, 15) is 19.5 Å². The zero-order valence-electron chi connectivity index (χ0n) is 25.7. The quantitative estimate of drug-likeness (QED) is 0.144. The van der Waals surface area contributed by atoms with Crippen LogP contribution in [0.2, 0.25) is 0 Å². The number of urea groups is 1. The van der Waals surface area contributed by atoms with Crippen LogP contribution in [0, 0.1) is 5.92 Å². The number of benzene rings is 2. The monoisotopic (exact) mass is 607 g/mol. The predicted molar refractivity (Wildman–Crippen MR) is 171 cm³/mol. The third-order valence-electron chi connectivity index (χ3n) is 7.25. The first-order chi connectivity index (χ1) is 20.5. The van der Waals surface area contributed by atoms with Gasteiger partial charge in [-0.05, 0) is 49.7 Å². The maximum Gasteiger partial charge on any atom is 0.404 e. The average Bonchev–Trinajstić information content (AvgIpc) is 3.46. The van der Waals surface area contributed by atoms with Crippen LogP contribution in [-0.2, 0) is 17.6 Å². The molecule has 0 spiro atoms. The largest absolute Gasteiger partial charge is 0.465 e. The lowest BCUT2D eigenvalue weighted by atomic mass is 9.95. The number of aromatic nitrogens is 1. The molecule has 9 nitrogen and oxygen atoms in total. The van der Waals surface area contributed by atoms with E-state index in [1.165, 1.54) is 0 Å². The Morgan fingerprint density at radius 3 is 1.77 bits per heavy atom. The van der Waals surface area contributed by atoms with Crippen LogP contribution in [0.4, 0.5) is 9.59 Å². The van der Waals surface area contributed by atoms with Crippen LogP contribution in [0.5, 0.6) is 0 Å². The van der Waals surface area contributed by atoms with Crippen molar-refractivity contribution < 1.29 is 19.5 Å². The van der Waals surface area contributed by atoms with Crippen molar-refractivity contribution >= 4 is 29.4 Å². The van der Waals surface area contributed by atoms with Gasteiger partial charge in [-0.25, -0.2) is 14.6 Å². The van der Waals surface area contributed by atoms with Gasteiger partial charge in [-0.2, -0.15) is 0 Å². The molecule has 0 saturated carbocycles. The highest BCUT2D eigenvalue weighted by atomic mass is 32.1.